The van der Waals surface area contributed by atoms with Crippen LogP contribution in [0.3, 0.4) is 0 Å². The highest BCUT2D eigenvalue weighted by Crippen LogP contribution is 1.98. The van der Waals surface area contributed by atoms with Crippen LogP contribution in [0, 0.1) is 5.92 Å². The van der Waals surface area contributed by atoms with Crippen molar-refractivity contribution >= 4 is 5.97 Å². The summed E-state index contributed by atoms with van der Waals surface area (Å²) in [5.74, 6) is 0.297. The molecular formula is C11H20O3. The summed E-state index contributed by atoms with van der Waals surface area (Å²) < 4.78 is 10.1. The van der Waals surface area contributed by atoms with Gasteiger partial charge >= 0.3 is 5.97 Å². The zero-order chi connectivity index (χ0) is 11.0. The van der Waals surface area contributed by atoms with E-state index < -0.39 is 0 Å². The molecule has 0 unspecified atom stereocenters. The molecule has 82 valence electrons. The Labute approximate surface area is 86.1 Å². The summed E-state index contributed by atoms with van der Waals surface area (Å²) in [6.07, 6.45) is 1.04. The van der Waals surface area contributed by atoms with Crippen molar-refractivity contribution in [2.24, 2.45) is 5.92 Å². The molecule has 0 bridgehead atoms. The van der Waals surface area contributed by atoms with Gasteiger partial charge in [-0.1, -0.05) is 20.4 Å². The maximum atomic E-state index is 10.9. The Kier molecular flexibility index (Phi) is 7.11. The summed E-state index contributed by atoms with van der Waals surface area (Å²) in [4.78, 5) is 10.9. The molecule has 14 heavy (non-hydrogen) atoms. The third-order valence-corrected chi connectivity index (χ3v) is 1.65. The van der Waals surface area contributed by atoms with E-state index >= 15 is 0 Å². The highest BCUT2D eigenvalue weighted by Gasteiger charge is 2.01. The molecule has 0 radical (unpaired) electrons. The van der Waals surface area contributed by atoms with E-state index in [9.17, 15) is 4.79 Å². The van der Waals surface area contributed by atoms with Crippen molar-refractivity contribution in [2.45, 2.75) is 27.2 Å². The molecule has 3 heteroatoms. The minimum atomic E-state index is -0.350. The summed E-state index contributed by atoms with van der Waals surface area (Å²) in [6, 6.07) is 0. The van der Waals surface area contributed by atoms with Gasteiger partial charge in [-0.25, -0.2) is 4.79 Å². The van der Waals surface area contributed by atoms with Crippen molar-refractivity contribution in [3.8, 4) is 0 Å². The summed E-state index contributed by atoms with van der Waals surface area (Å²) in [5.41, 5.74) is 0.423. The van der Waals surface area contributed by atoms with Crippen LogP contribution in [0.25, 0.3) is 0 Å². The highest BCUT2D eigenvalue weighted by atomic mass is 16.6. The molecule has 3 nitrogen and oxygen atoms in total. The van der Waals surface area contributed by atoms with Gasteiger partial charge in [-0.2, -0.15) is 0 Å². The average Bonchev–Trinajstić information content (AvgIpc) is 2.09. The lowest BCUT2D eigenvalue weighted by Gasteiger charge is -2.07. The minimum Gasteiger partial charge on any atom is -0.460 e. The molecule has 0 rings (SSSR count). The maximum absolute atomic E-state index is 10.9. The standard InChI is InChI=1S/C11H20O3/c1-9(2)5-6-13-7-8-14-11(12)10(3)4/h9H,3,5-8H2,1-2,4H3. The lowest BCUT2D eigenvalue weighted by molar-refractivity contribution is -0.140. The van der Waals surface area contributed by atoms with E-state index in [-0.39, 0.29) is 5.97 Å². The summed E-state index contributed by atoms with van der Waals surface area (Å²) in [6.45, 7) is 10.9. The van der Waals surface area contributed by atoms with Crippen LogP contribution in [0.4, 0.5) is 0 Å². The van der Waals surface area contributed by atoms with Crippen LogP contribution in [-0.2, 0) is 14.3 Å². The van der Waals surface area contributed by atoms with Gasteiger partial charge in [0.05, 0.1) is 6.61 Å². The second-order valence-electron chi connectivity index (χ2n) is 3.71. The molecule has 0 aliphatic carbocycles. The molecule has 0 fully saturated rings. The third-order valence-electron chi connectivity index (χ3n) is 1.65. The van der Waals surface area contributed by atoms with Crippen LogP contribution >= 0.6 is 0 Å². The Morgan fingerprint density at radius 3 is 2.43 bits per heavy atom. The first-order valence-electron chi connectivity index (χ1n) is 4.94. The van der Waals surface area contributed by atoms with Crippen molar-refractivity contribution < 1.29 is 14.3 Å². The minimum absolute atomic E-state index is 0.309. The molecule has 0 aromatic rings. The number of ether oxygens (including phenoxy) is 2. The molecule has 0 aromatic heterocycles. The van der Waals surface area contributed by atoms with E-state index in [1.54, 1.807) is 6.92 Å². The Morgan fingerprint density at radius 2 is 1.93 bits per heavy atom. The number of rotatable bonds is 7. The number of carbonyl (C=O) groups excluding carboxylic acids is 1. The molecule has 0 atom stereocenters. The molecule has 0 spiro atoms. The van der Waals surface area contributed by atoms with E-state index in [4.69, 9.17) is 9.47 Å². The van der Waals surface area contributed by atoms with Gasteiger partial charge in [0.15, 0.2) is 0 Å². The molecule has 0 aliphatic rings. The molecule has 0 saturated carbocycles. The van der Waals surface area contributed by atoms with E-state index in [0.717, 1.165) is 13.0 Å². The largest absolute Gasteiger partial charge is 0.460 e. The summed E-state index contributed by atoms with van der Waals surface area (Å²) >= 11 is 0. The SMILES string of the molecule is C=C(C)C(=O)OCCOCCC(C)C. The second-order valence-corrected chi connectivity index (χ2v) is 3.71. The van der Waals surface area contributed by atoms with Crippen molar-refractivity contribution in [1.29, 1.82) is 0 Å². The first-order valence-corrected chi connectivity index (χ1v) is 4.94. The van der Waals surface area contributed by atoms with Gasteiger partial charge in [-0.3, -0.25) is 0 Å². The quantitative estimate of drug-likeness (QED) is 0.359. The first-order chi connectivity index (χ1) is 6.54. The van der Waals surface area contributed by atoms with Gasteiger partial charge in [-0.15, -0.1) is 0 Å². The monoisotopic (exact) mass is 200 g/mol. The lowest BCUT2D eigenvalue weighted by Crippen LogP contribution is -2.11. The summed E-state index contributed by atoms with van der Waals surface area (Å²) in [5, 5.41) is 0. The number of carbonyl (C=O) groups is 1. The second kappa shape index (κ2) is 7.56. The van der Waals surface area contributed by atoms with E-state index in [0.29, 0.717) is 24.7 Å². The first kappa shape index (κ1) is 13.2. The number of hydrogen-bond donors (Lipinski definition) is 0. The number of esters is 1. The third kappa shape index (κ3) is 7.80. The van der Waals surface area contributed by atoms with E-state index in [1.165, 1.54) is 0 Å². The van der Waals surface area contributed by atoms with Crippen molar-refractivity contribution in [2.75, 3.05) is 19.8 Å². The van der Waals surface area contributed by atoms with Gasteiger partial charge < -0.3 is 9.47 Å². The fraction of sp³-hybridized carbons (Fsp3) is 0.727. The Morgan fingerprint density at radius 1 is 1.29 bits per heavy atom. The van der Waals surface area contributed by atoms with Crippen molar-refractivity contribution in [3.05, 3.63) is 12.2 Å². The fourth-order valence-corrected chi connectivity index (χ4v) is 0.738. The van der Waals surface area contributed by atoms with Crippen molar-refractivity contribution in [3.63, 3.8) is 0 Å². The lowest BCUT2D eigenvalue weighted by atomic mass is 10.1. The Hall–Kier alpha value is -0.830. The van der Waals surface area contributed by atoms with Gasteiger partial charge in [0.1, 0.15) is 6.61 Å². The fourth-order valence-electron chi connectivity index (χ4n) is 0.738. The smallest absolute Gasteiger partial charge is 0.333 e. The molecule has 0 amide bonds. The Balaban J connectivity index is 3.22. The predicted molar refractivity (Wildman–Crippen MR) is 56.0 cm³/mol. The van der Waals surface area contributed by atoms with E-state index in [1.807, 2.05) is 0 Å². The predicted octanol–water partition coefficient (Wildman–Crippen LogP) is 2.17. The molecule has 0 N–H and O–H groups in total. The normalized spacial score (nSPS) is 10.3. The average molecular weight is 200 g/mol. The van der Waals surface area contributed by atoms with Crippen LogP contribution in [0.1, 0.15) is 27.2 Å². The van der Waals surface area contributed by atoms with Crippen molar-refractivity contribution in [1.82, 2.24) is 0 Å². The summed E-state index contributed by atoms with van der Waals surface area (Å²) in [7, 11) is 0. The topological polar surface area (TPSA) is 35.5 Å². The zero-order valence-corrected chi connectivity index (χ0v) is 9.34. The van der Waals surface area contributed by atoms with Crippen LogP contribution in [0.2, 0.25) is 0 Å². The van der Waals surface area contributed by atoms with Crippen LogP contribution in [0.5, 0.6) is 0 Å². The van der Waals surface area contributed by atoms with Crippen LogP contribution in [-0.4, -0.2) is 25.8 Å². The molecule has 0 aromatic carbocycles. The zero-order valence-electron chi connectivity index (χ0n) is 9.34. The van der Waals surface area contributed by atoms with E-state index in [2.05, 4.69) is 20.4 Å². The van der Waals surface area contributed by atoms with Gasteiger partial charge in [0, 0.05) is 12.2 Å². The highest BCUT2D eigenvalue weighted by molar-refractivity contribution is 5.86. The molecular weight excluding hydrogens is 180 g/mol. The molecule has 0 aliphatic heterocycles. The molecule has 0 heterocycles. The van der Waals surface area contributed by atoms with Gasteiger partial charge in [-0.05, 0) is 19.3 Å². The van der Waals surface area contributed by atoms with Gasteiger partial charge in [0.25, 0.3) is 0 Å². The maximum Gasteiger partial charge on any atom is 0.333 e. The van der Waals surface area contributed by atoms with Crippen LogP contribution < -0.4 is 0 Å². The van der Waals surface area contributed by atoms with Gasteiger partial charge in [0.2, 0.25) is 0 Å². The Bertz CT molecular complexity index is 185. The number of hydrogen-bond acceptors (Lipinski definition) is 3. The van der Waals surface area contributed by atoms with Crippen LogP contribution in [0.15, 0.2) is 12.2 Å². The molecule has 0 saturated heterocycles.